The summed E-state index contributed by atoms with van der Waals surface area (Å²) in [6, 6.07) is 0. The van der Waals surface area contributed by atoms with Crippen molar-refractivity contribution < 1.29 is 4.74 Å². The molecule has 0 radical (unpaired) electrons. The molecule has 5 heteroatoms. The van der Waals surface area contributed by atoms with E-state index in [1.54, 1.807) is 6.20 Å². The van der Waals surface area contributed by atoms with Crippen molar-refractivity contribution in [2.75, 3.05) is 30.8 Å². The highest BCUT2D eigenvalue weighted by Crippen LogP contribution is 2.09. The summed E-state index contributed by atoms with van der Waals surface area (Å²) in [6.45, 7) is 6.34. The first-order valence-corrected chi connectivity index (χ1v) is 5.64. The molecule has 0 atom stereocenters. The van der Waals surface area contributed by atoms with Crippen LogP contribution in [0, 0.1) is 6.92 Å². The van der Waals surface area contributed by atoms with E-state index in [9.17, 15) is 0 Å². The van der Waals surface area contributed by atoms with Gasteiger partial charge in [-0.25, -0.2) is 4.98 Å². The zero-order chi connectivity index (χ0) is 11.8. The Bertz CT molecular complexity index is 317. The molecular weight excluding hydrogens is 204 g/mol. The summed E-state index contributed by atoms with van der Waals surface area (Å²) in [7, 11) is 0. The average Bonchev–Trinajstić information content (AvgIpc) is 2.28. The zero-order valence-corrected chi connectivity index (χ0v) is 9.99. The van der Waals surface area contributed by atoms with Crippen LogP contribution in [0.15, 0.2) is 6.20 Å². The first-order chi connectivity index (χ1) is 7.74. The molecule has 0 aliphatic heterocycles. The number of hydrogen-bond donors (Lipinski definition) is 2. The fourth-order valence-corrected chi connectivity index (χ4v) is 1.22. The number of nitrogens with zero attached hydrogens (tertiary/aromatic N) is 2. The third-order valence-corrected chi connectivity index (χ3v) is 2.17. The second kappa shape index (κ2) is 7.00. The van der Waals surface area contributed by atoms with E-state index in [0.29, 0.717) is 12.6 Å². The van der Waals surface area contributed by atoms with Gasteiger partial charge in [-0.3, -0.25) is 0 Å². The van der Waals surface area contributed by atoms with Gasteiger partial charge in [-0.05, 0) is 13.3 Å². The first-order valence-electron chi connectivity index (χ1n) is 5.64. The Balaban J connectivity index is 2.23. The summed E-state index contributed by atoms with van der Waals surface area (Å²) in [6.07, 6.45) is 3.98. The van der Waals surface area contributed by atoms with Crippen molar-refractivity contribution >= 4 is 11.8 Å². The lowest BCUT2D eigenvalue weighted by Gasteiger charge is -2.08. The lowest BCUT2D eigenvalue weighted by Crippen LogP contribution is -2.12. The SMILES string of the molecule is CCCCOCCNc1nc(N)ncc1C. The molecule has 0 amide bonds. The molecule has 0 saturated carbocycles. The summed E-state index contributed by atoms with van der Waals surface area (Å²) in [5, 5.41) is 3.17. The van der Waals surface area contributed by atoms with Gasteiger partial charge in [-0.1, -0.05) is 13.3 Å². The van der Waals surface area contributed by atoms with Gasteiger partial charge >= 0.3 is 0 Å². The van der Waals surface area contributed by atoms with Crippen molar-refractivity contribution in [3.63, 3.8) is 0 Å². The third-order valence-electron chi connectivity index (χ3n) is 2.17. The number of nitrogens with one attached hydrogen (secondary N) is 1. The Morgan fingerprint density at radius 3 is 3.00 bits per heavy atom. The number of anilines is 2. The molecule has 0 fully saturated rings. The largest absolute Gasteiger partial charge is 0.380 e. The van der Waals surface area contributed by atoms with Crippen LogP contribution in [-0.4, -0.2) is 29.7 Å². The minimum absolute atomic E-state index is 0.292. The Hall–Kier alpha value is -1.36. The molecule has 90 valence electrons. The highest BCUT2D eigenvalue weighted by Gasteiger charge is 2.00. The van der Waals surface area contributed by atoms with Crippen molar-refractivity contribution in [1.29, 1.82) is 0 Å². The van der Waals surface area contributed by atoms with Gasteiger partial charge in [0.1, 0.15) is 5.82 Å². The molecule has 5 nitrogen and oxygen atoms in total. The summed E-state index contributed by atoms with van der Waals surface area (Å²) in [5.74, 6) is 1.08. The van der Waals surface area contributed by atoms with Gasteiger partial charge in [0.05, 0.1) is 6.61 Å². The van der Waals surface area contributed by atoms with Crippen molar-refractivity contribution in [3.8, 4) is 0 Å². The summed E-state index contributed by atoms with van der Waals surface area (Å²) in [4.78, 5) is 8.01. The van der Waals surface area contributed by atoms with Crippen molar-refractivity contribution in [3.05, 3.63) is 11.8 Å². The van der Waals surface area contributed by atoms with Crippen LogP contribution < -0.4 is 11.1 Å². The smallest absolute Gasteiger partial charge is 0.221 e. The number of ether oxygens (including phenoxy) is 1. The van der Waals surface area contributed by atoms with Crippen LogP contribution in [0.25, 0.3) is 0 Å². The molecule has 0 aliphatic rings. The summed E-state index contributed by atoms with van der Waals surface area (Å²) >= 11 is 0. The standard InChI is InChI=1S/C11H20N4O/c1-3-4-6-16-7-5-13-10-9(2)8-14-11(12)15-10/h8H,3-7H2,1-2H3,(H3,12,13,14,15). The van der Waals surface area contributed by atoms with Gasteiger partial charge in [-0.15, -0.1) is 0 Å². The molecule has 1 aromatic rings. The molecule has 3 N–H and O–H groups in total. The Labute approximate surface area is 96.4 Å². The molecule has 0 unspecified atom stereocenters. The highest BCUT2D eigenvalue weighted by molar-refractivity contribution is 5.44. The average molecular weight is 224 g/mol. The Kier molecular flexibility index (Phi) is 5.56. The third kappa shape index (κ3) is 4.44. The maximum absolute atomic E-state index is 5.50. The van der Waals surface area contributed by atoms with E-state index in [0.717, 1.165) is 37.4 Å². The summed E-state index contributed by atoms with van der Waals surface area (Å²) in [5.41, 5.74) is 6.49. The maximum atomic E-state index is 5.50. The second-order valence-electron chi connectivity index (χ2n) is 3.65. The number of rotatable bonds is 7. The van der Waals surface area contributed by atoms with Crippen molar-refractivity contribution in [2.24, 2.45) is 0 Å². The molecule has 0 spiro atoms. The number of hydrogen-bond acceptors (Lipinski definition) is 5. The molecule has 1 rings (SSSR count). The first kappa shape index (κ1) is 12.7. The Morgan fingerprint density at radius 2 is 2.25 bits per heavy atom. The van der Waals surface area contributed by atoms with E-state index in [1.165, 1.54) is 0 Å². The quantitative estimate of drug-likeness (QED) is 0.688. The van der Waals surface area contributed by atoms with Gasteiger partial charge in [0.25, 0.3) is 0 Å². The van der Waals surface area contributed by atoms with Crippen LogP contribution in [0.1, 0.15) is 25.3 Å². The van der Waals surface area contributed by atoms with E-state index >= 15 is 0 Å². The minimum atomic E-state index is 0.292. The minimum Gasteiger partial charge on any atom is -0.380 e. The zero-order valence-electron chi connectivity index (χ0n) is 9.99. The molecule has 0 saturated heterocycles. The van der Waals surface area contributed by atoms with Gasteiger partial charge in [0, 0.05) is 24.9 Å². The number of nitrogens with two attached hydrogens (primary N) is 1. The number of aromatic nitrogens is 2. The predicted molar refractivity (Wildman–Crippen MR) is 65.4 cm³/mol. The lowest BCUT2D eigenvalue weighted by atomic mass is 10.3. The van der Waals surface area contributed by atoms with E-state index in [-0.39, 0.29) is 0 Å². The van der Waals surface area contributed by atoms with Gasteiger partial charge < -0.3 is 15.8 Å². The summed E-state index contributed by atoms with van der Waals surface area (Å²) < 4.78 is 5.43. The molecular formula is C11H20N4O. The van der Waals surface area contributed by atoms with Crippen LogP contribution in [0.3, 0.4) is 0 Å². The van der Waals surface area contributed by atoms with Gasteiger partial charge in [-0.2, -0.15) is 4.98 Å². The highest BCUT2D eigenvalue weighted by atomic mass is 16.5. The predicted octanol–water partition coefficient (Wildman–Crippen LogP) is 1.60. The number of nitrogen functional groups attached to an aromatic ring is 1. The number of aryl methyl sites for hydroxylation is 1. The monoisotopic (exact) mass is 224 g/mol. The molecule has 1 heterocycles. The van der Waals surface area contributed by atoms with Gasteiger partial charge in [0.2, 0.25) is 5.95 Å². The van der Waals surface area contributed by atoms with Crippen LogP contribution >= 0.6 is 0 Å². The van der Waals surface area contributed by atoms with Crippen LogP contribution in [0.4, 0.5) is 11.8 Å². The fourth-order valence-electron chi connectivity index (χ4n) is 1.22. The maximum Gasteiger partial charge on any atom is 0.221 e. The normalized spacial score (nSPS) is 10.4. The number of unbranched alkanes of at least 4 members (excludes halogenated alkanes) is 1. The van der Waals surface area contributed by atoms with Crippen LogP contribution in [0.5, 0.6) is 0 Å². The second-order valence-corrected chi connectivity index (χ2v) is 3.65. The molecule has 16 heavy (non-hydrogen) atoms. The van der Waals surface area contributed by atoms with E-state index in [4.69, 9.17) is 10.5 Å². The van der Waals surface area contributed by atoms with E-state index in [2.05, 4.69) is 22.2 Å². The molecule has 0 bridgehead atoms. The van der Waals surface area contributed by atoms with Crippen molar-refractivity contribution in [1.82, 2.24) is 9.97 Å². The molecule has 0 aliphatic carbocycles. The topological polar surface area (TPSA) is 73.1 Å². The lowest BCUT2D eigenvalue weighted by molar-refractivity contribution is 0.141. The van der Waals surface area contributed by atoms with E-state index < -0.39 is 0 Å². The molecule has 0 aromatic carbocycles. The molecule has 1 aromatic heterocycles. The van der Waals surface area contributed by atoms with E-state index in [1.807, 2.05) is 6.92 Å². The van der Waals surface area contributed by atoms with Crippen LogP contribution in [0.2, 0.25) is 0 Å². The van der Waals surface area contributed by atoms with Gasteiger partial charge in [0.15, 0.2) is 0 Å². The Morgan fingerprint density at radius 1 is 1.44 bits per heavy atom. The van der Waals surface area contributed by atoms with Crippen molar-refractivity contribution in [2.45, 2.75) is 26.7 Å². The fraction of sp³-hybridized carbons (Fsp3) is 0.636. The van der Waals surface area contributed by atoms with Crippen LogP contribution in [-0.2, 0) is 4.74 Å².